The Labute approximate surface area is 229 Å². The second kappa shape index (κ2) is 13.3. The molecule has 206 valence electrons. The number of ether oxygens (including phenoxy) is 1. The van der Waals surface area contributed by atoms with Gasteiger partial charge in [-0.05, 0) is 65.2 Å². The van der Waals surface area contributed by atoms with Crippen molar-refractivity contribution in [2.24, 2.45) is 5.73 Å². The van der Waals surface area contributed by atoms with Gasteiger partial charge in [0.25, 0.3) is 5.91 Å². The summed E-state index contributed by atoms with van der Waals surface area (Å²) in [5, 5.41) is 5.79. The number of likely N-dealkylation sites (N-methyl/N-ethyl adjacent to an activating group) is 1. The van der Waals surface area contributed by atoms with E-state index in [4.69, 9.17) is 22.1 Å². The molecular formula is C28H37ClN4O5. The summed E-state index contributed by atoms with van der Waals surface area (Å²) in [5.41, 5.74) is 7.20. The standard InChI is InChI=1S/C28H37ClN4O5/c1-7-33(26(36)21(14-15-22(30)34)31-27(37)38-28(4,5)6)24(19-12-8-10-17(2)16-19)25(35)32-23-18(3)11-9-13-20(23)29/h8-13,16,21,24H,7,14-15H2,1-6H3,(H2,30,34)(H,31,37)(H,32,35). The van der Waals surface area contributed by atoms with Gasteiger partial charge in [0, 0.05) is 13.0 Å². The van der Waals surface area contributed by atoms with E-state index in [2.05, 4.69) is 10.6 Å². The fraction of sp³-hybridized carbons (Fsp3) is 0.429. The average Bonchev–Trinajstić information content (AvgIpc) is 2.80. The molecule has 2 aromatic carbocycles. The van der Waals surface area contributed by atoms with Gasteiger partial charge in [0.05, 0.1) is 10.7 Å². The number of carbonyl (C=O) groups is 4. The van der Waals surface area contributed by atoms with E-state index in [0.717, 1.165) is 11.1 Å². The molecule has 0 saturated carbocycles. The normalized spacial score (nSPS) is 12.7. The molecule has 0 heterocycles. The number of halogens is 1. The first-order valence-electron chi connectivity index (χ1n) is 12.4. The molecule has 0 aliphatic heterocycles. The maximum absolute atomic E-state index is 13.9. The zero-order valence-electron chi connectivity index (χ0n) is 22.8. The zero-order valence-corrected chi connectivity index (χ0v) is 23.5. The lowest BCUT2D eigenvalue weighted by Gasteiger charge is -2.34. The monoisotopic (exact) mass is 544 g/mol. The third-order valence-electron chi connectivity index (χ3n) is 5.68. The van der Waals surface area contributed by atoms with Gasteiger partial charge >= 0.3 is 6.09 Å². The van der Waals surface area contributed by atoms with Gasteiger partial charge < -0.3 is 26.0 Å². The Balaban J connectivity index is 2.50. The van der Waals surface area contributed by atoms with E-state index in [1.54, 1.807) is 52.0 Å². The highest BCUT2D eigenvalue weighted by atomic mass is 35.5. The van der Waals surface area contributed by atoms with E-state index < -0.39 is 41.5 Å². The molecule has 2 atom stereocenters. The van der Waals surface area contributed by atoms with Crippen molar-refractivity contribution in [1.29, 1.82) is 0 Å². The van der Waals surface area contributed by atoms with Gasteiger partial charge in [-0.25, -0.2) is 4.79 Å². The second-order valence-corrected chi connectivity index (χ2v) is 10.5. The van der Waals surface area contributed by atoms with Crippen molar-refractivity contribution in [2.45, 2.75) is 72.1 Å². The molecule has 0 bridgehead atoms. The quantitative estimate of drug-likeness (QED) is 0.401. The van der Waals surface area contributed by atoms with Crippen LogP contribution in [0, 0.1) is 13.8 Å². The highest BCUT2D eigenvalue weighted by molar-refractivity contribution is 6.34. The van der Waals surface area contributed by atoms with Crippen LogP contribution >= 0.6 is 11.6 Å². The summed E-state index contributed by atoms with van der Waals surface area (Å²) in [6.07, 6.45) is -1.03. The van der Waals surface area contributed by atoms with E-state index in [0.29, 0.717) is 16.3 Å². The van der Waals surface area contributed by atoms with Crippen LogP contribution in [-0.2, 0) is 19.1 Å². The summed E-state index contributed by atoms with van der Waals surface area (Å²) < 4.78 is 5.32. The molecule has 4 amide bonds. The van der Waals surface area contributed by atoms with E-state index in [9.17, 15) is 19.2 Å². The average molecular weight is 545 g/mol. The highest BCUT2D eigenvalue weighted by Crippen LogP contribution is 2.29. The number of hydrogen-bond acceptors (Lipinski definition) is 5. The van der Waals surface area contributed by atoms with Crippen molar-refractivity contribution in [3.05, 3.63) is 64.2 Å². The molecule has 0 radical (unpaired) electrons. The Bertz CT molecular complexity index is 1160. The minimum Gasteiger partial charge on any atom is -0.444 e. The Hall–Kier alpha value is -3.59. The van der Waals surface area contributed by atoms with Gasteiger partial charge in [0.15, 0.2) is 0 Å². The van der Waals surface area contributed by atoms with Crippen molar-refractivity contribution in [3.63, 3.8) is 0 Å². The van der Waals surface area contributed by atoms with Crippen LogP contribution in [0.15, 0.2) is 42.5 Å². The number of alkyl carbamates (subject to hydrolysis) is 1. The Morgan fingerprint density at radius 3 is 2.29 bits per heavy atom. The fourth-order valence-corrected chi connectivity index (χ4v) is 4.22. The minimum absolute atomic E-state index is 0.0598. The Morgan fingerprint density at radius 2 is 1.74 bits per heavy atom. The molecule has 4 N–H and O–H groups in total. The van der Waals surface area contributed by atoms with E-state index in [1.807, 2.05) is 32.0 Å². The predicted octanol–water partition coefficient (Wildman–Crippen LogP) is 4.64. The van der Waals surface area contributed by atoms with Crippen LogP contribution in [0.25, 0.3) is 0 Å². The van der Waals surface area contributed by atoms with Crippen LogP contribution in [0.1, 0.15) is 63.3 Å². The number of primary amides is 1. The lowest BCUT2D eigenvalue weighted by atomic mass is 9.99. The van der Waals surface area contributed by atoms with Gasteiger partial charge in [0.2, 0.25) is 11.8 Å². The first-order valence-corrected chi connectivity index (χ1v) is 12.8. The second-order valence-electron chi connectivity index (χ2n) is 10.1. The van der Waals surface area contributed by atoms with Crippen molar-refractivity contribution in [1.82, 2.24) is 10.2 Å². The molecule has 2 aromatic rings. The van der Waals surface area contributed by atoms with Gasteiger partial charge in [-0.1, -0.05) is 53.6 Å². The minimum atomic E-state index is -1.15. The molecule has 10 heteroatoms. The van der Waals surface area contributed by atoms with Crippen molar-refractivity contribution in [3.8, 4) is 0 Å². The molecule has 0 fully saturated rings. The number of nitrogens with one attached hydrogen (secondary N) is 2. The van der Waals surface area contributed by atoms with E-state index in [1.165, 1.54) is 4.90 Å². The van der Waals surface area contributed by atoms with Crippen molar-refractivity contribution < 1.29 is 23.9 Å². The van der Waals surface area contributed by atoms with Gasteiger partial charge in [0.1, 0.15) is 17.7 Å². The molecule has 0 saturated heterocycles. The van der Waals surface area contributed by atoms with E-state index >= 15 is 0 Å². The molecule has 9 nitrogen and oxygen atoms in total. The summed E-state index contributed by atoms with van der Waals surface area (Å²) in [6, 6.07) is 10.3. The van der Waals surface area contributed by atoms with Crippen LogP contribution in [0.3, 0.4) is 0 Å². The number of anilines is 1. The SMILES string of the molecule is CCN(C(=O)C(CCC(N)=O)NC(=O)OC(C)(C)C)C(C(=O)Nc1c(C)cccc1Cl)c1cccc(C)c1. The van der Waals surface area contributed by atoms with Crippen molar-refractivity contribution in [2.75, 3.05) is 11.9 Å². The number of carbonyl (C=O) groups excluding carboxylic acids is 4. The van der Waals surface area contributed by atoms with Gasteiger partial charge in [-0.15, -0.1) is 0 Å². The summed E-state index contributed by atoms with van der Waals surface area (Å²) in [5.74, 6) is -1.66. The maximum atomic E-state index is 13.9. The summed E-state index contributed by atoms with van der Waals surface area (Å²) in [4.78, 5) is 53.1. The zero-order chi connectivity index (χ0) is 28.6. The summed E-state index contributed by atoms with van der Waals surface area (Å²) >= 11 is 6.36. The van der Waals surface area contributed by atoms with Gasteiger partial charge in [-0.2, -0.15) is 0 Å². The molecule has 38 heavy (non-hydrogen) atoms. The number of rotatable bonds is 10. The number of benzene rings is 2. The molecule has 2 unspecified atom stereocenters. The van der Waals surface area contributed by atoms with Crippen LogP contribution in [0.4, 0.5) is 10.5 Å². The van der Waals surface area contributed by atoms with Crippen LogP contribution < -0.4 is 16.4 Å². The smallest absolute Gasteiger partial charge is 0.408 e. The summed E-state index contributed by atoms with van der Waals surface area (Å²) in [7, 11) is 0. The van der Waals surface area contributed by atoms with Crippen LogP contribution in [-0.4, -0.2) is 46.9 Å². The molecule has 0 aliphatic rings. The van der Waals surface area contributed by atoms with Crippen LogP contribution in [0.5, 0.6) is 0 Å². The fourth-order valence-electron chi connectivity index (χ4n) is 3.95. The van der Waals surface area contributed by atoms with E-state index in [-0.39, 0.29) is 19.4 Å². The number of amides is 4. The van der Waals surface area contributed by atoms with Crippen molar-refractivity contribution >= 4 is 41.1 Å². The third kappa shape index (κ3) is 8.76. The van der Waals surface area contributed by atoms with Gasteiger partial charge in [-0.3, -0.25) is 14.4 Å². The molecule has 0 aliphatic carbocycles. The number of nitrogens with two attached hydrogens (primary N) is 1. The number of aryl methyl sites for hydroxylation is 2. The number of hydrogen-bond donors (Lipinski definition) is 3. The molecule has 2 rings (SSSR count). The Morgan fingerprint density at radius 1 is 1.08 bits per heavy atom. The number of para-hydroxylation sites is 1. The molecule has 0 aromatic heterocycles. The lowest BCUT2D eigenvalue weighted by Crippen LogP contribution is -2.52. The predicted molar refractivity (Wildman–Crippen MR) is 148 cm³/mol. The lowest BCUT2D eigenvalue weighted by molar-refractivity contribution is -0.140. The third-order valence-corrected chi connectivity index (χ3v) is 6.00. The number of nitrogens with zero attached hydrogens (tertiary/aromatic N) is 1. The van der Waals surface area contributed by atoms with Crippen LogP contribution in [0.2, 0.25) is 5.02 Å². The largest absolute Gasteiger partial charge is 0.444 e. The summed E-state index contributed by atoms with van der Waals surface area (Å²) in [6.45, 7) is 10.6. The first kappa shape index (κ1) is 30.6. The first-order chi connectivity index (χ1) is 17.7. The topological polar surface area (TPSA) is 131 Å². The Kier molecular flexibility index (Phi) is 10.7. The highest BCUT2D eigenvalue weighted by Gasteiger charge is 2.36. The maximum Gasteiger partial charge on any atom is 0.408 e. The molecule has 0 spiro atoms. The molecular weight excluding hydrogens is 508 g/mol.